The Morgan fingerprint density at radius 2 is 1.95 bits per heavy atom. The van der Waals surface area contributed by atoms with E-state index >= 15 is 0 Å². The van der Waals surface area contributed by atoms with Gasteiger partial charge in [0.05, 0.1) is 22.9 Å². The van der Waals surface area contributed by atoms with Gasteiger partial charge in [0.1, 0.15) is 0 Å². The van der Waals surface area contributed by atoms with Gasteiger partial charge in [-0.25, -0.2) is 22.0 Å². The van der Waals surface area contributed by atoms with Crippen molar-refractivity contribution in [1.29, 1.82) is 0 Å². The topological polar surface area (TPSA) is 83.5 Å². The number of halogens is 2. The van der Waals surface area contributed by atoms with Gasteiger partial charge in [-0.05, 0) is 25.0 Å². The van der Waals surface area contributed by atoms with E-state index in [1.807, 2.05) is 0 Å². The summed E-state index contributed by atoms with van der Waals surface area (Å²) < 4.78 is 53.1. The van der Waals surface area contributed by atoms with Gasteiger partial charge in [0.15, 0.2) is 0 Å². The predicted molar refractivity (Wildman–Crippen MR) is 70.9 cm³/mol. The summed E-state index contributed by atoms with van der Waals surface area (Å²) in [5.41, 5.74) is -1.45. The zero-order valence-electron chi connectivity index (χ0n) is 10.8. The molecule has 2 fully saturated rings. The first-order valence-electron chi connectivity index (χ1n) is 6.40. The first kappa shape index (κ1) is 14.2. The Hall–Kier alpha value is -1.70. The molecule has 0 radical (unpaired) electrons. The van der Waals surface area contributed by atoms with Gasteiger partial charge in [0.25, 0.3) is 5.92 Å². The summed E-state index contributed by atoms with van der Waals surface area (Å²) in [7, 11) is -4.02. The Kier molecular flexibility index (Phi) is 2.82. The molecule has 114 valence electrons. The van der Waals surface area contributed by atoms with Crippen LogP contribution in [0, 0.1) is 11.3 Å². The molecule has 1 spiro atoms. The Morgan fingerprint density at radius 3 is 2.48 bits per heavy atom. The fourth-order valence-electron chi connectivity index (χ4n) is 2.86. The van der Waals surface area contributed by atoms with Gasteiger partial charge in [0, 0.05) is 5.41 Å². The van der Waals surface area contributed by atoms with Crippen LogP contribution in [0.3, 0.4) is 0 Å². The molecule has 0 saturated heterocycles. The lowest BCUT2D eigenvalue weighted by Crippen LogP contribution is -2.21. The molecule has 1 aromatic carbocycles. The van der Waals surface area contributed by atoms with E-state index in [0.717, 1.165) is 0 Å². The number of rotatable bonds is 5. The van der Waals surface area contributed by atoms with Crippen molar-refractivity contribution in [2.45, 2.75) is 18.8 Å². The van der Waals surface area contributed by atoms with Gasteiger partial charge in [-0.1, -0.05) is 12.1 Å². The number of sulfonamides is 1. The van der Waals surface area contributed by atoms with E-state index in [4.69, 9.17) is 5.11 Å². The molecule has 1 unspecified atom stereocenters. The highest BCUT2D eigenvalue weighted by Crippen LogP contribution is 2.80. The third-order valence-electron chi connectivity index (χ3n) is 4.28. The molecule has 1 aromatic rings. The van der Waals surface area contributed by atoms with Gasteiger partial charge in [0.2, 0.25) is 10.0 Å². The van der Waals surface area contributed by atoms with Crippen LogP contribution in [-0.2, 0) is 10.0 Å². The van der Waals surface area contributed by atoms with Crippen LogP contribution in [0.25, 0.3) is 0 Å². The molecule has 0 heterocycles. The quantitative estimate of drug-likeness (QED) is 0.872. The van der Waals surface area contributed by atoms with E-state index in [2.05, 4.69) is 4.72 Å². The number of para-hydroxylation sites is 1. The minimum Gasteiger partial charge on any atom is -0.478 e. The number of benzene rings is 1. The van der Waals surface area contributed by atoms with E-state index in [1.54, 1.807) is 0 Å². The average Bonchev–Trinajstić information content (AvgIpc) is 3.24. The van der Waals surface area contributed by atoms with Crippen molar-refractivity contribution in [2.75, 3.05) is 10.5 Å². The van der Waals surface area contributed by atoms with Crippen molar-refractivity contribution >= 4 is 21.7 Å². The Morgan fingerprint density at radius 1 is 1.33 bits per heavy atom. The normalized spacial score (nSPS) is 24.6. The summed E-state index contributed by atoms with van der Waals surface area (Å²) in [4.78, 5) is 11.0. The molecule has 21 heavy (non-hydrogen) atoms. The molecule has 0 bridgehead atoms. The molecule has 1 atom stereocenters. The van der Waals surface area contributed by atoms with E-state index < -0.39 is 39.0 Å². The summed E-state index contributed by atoms with van der Waals surface area (Å²) in [6.07, 6.45) is 0.706. The Bertz CT molecular complexity index is 709. The minimum absolute atomic E-state index is 0.112. The van der Waals surface area contributed by atoms with Crippen molar-refractivity contribution in [3.63, 3.8) is 0 Å². The van der Waals surface area contributed by atoms with Gasteiger partial charge < -0.3 is 5.11 Å². The number of aromatic carboxylic acids is 1. The van der Waals surface area contributed by atoms with E-state index in [9.17, 15) is 22.0 Å². The van der Waals surface area contributed by atoms with Crippen LogP contribution in [0.4, 0.5) is 14.5 Å². The summed E-state index contributed by atoms with van der Waals surface area (Å²) in [5, 5.41) is 8.98. The lowest BCUT2D eigenvalue weighted by Gasteiger charge is -2.10. The molecule has 5 nitrogen and oxygen atoms in total. The molecule has 3 rings (SSSR count). The predicted octanol–water partition coefficient (Wildman–Crippen LogP) is 2.17. The number of carbonyl (C=O) groups is 1. The maximum absolute atomic E-state index is 13.5. The summed E-state index contributed by atoms with van der Waals surface area (Å²) in [5.74, 6) is -6.06. The summed E-state index contributed by atoms with van der Waals surface area (Å²) in [6.45, 7) is 0. The van der Waals surface area contributed by atoms with Gasteiger partial charge in [-0.15, -0.1) is 0 Å². The molecular formula is C13H13F2NO4S. The second-order valence-electron chi connectivity index (χ2n) is 5.57. The highest BCUT2D eigenvalue weighted by Gasteiger charge is 2.86. The first-order valence-corrected chi connectivity index (χ1v) is 8.05. The van der Waals surface area contributed by atoms with Crippen molar-refractivity contribution in [3.8, 4) is 0 Å². The maximum atomic E-state index is 13.5. The van der Waals surface area contributed by atoms with Gasteiger partial charge in [-0.3, -0.25) is 4.72 Å². The third kappa shape index (κ3) is 2.17. The lowest BCUT2D eigenvalue weighted by molar-refractivity contribution is 0.0697. The second kappa shape index (κ2) is 4.16. The smallest absolute Gasteiger partial charge is 0.337 e. The third-order valence-corrected chi connectivity index (χ3v) is 5.59. The molecule has 2 saturated carbocycles. The van der Waals surface area contributed by atoms with E-state index in [0.29, 0.717) is 12.8 Å². The molecule has 0 aromatic heterocycles. The van der Waals surface area contributed by atoms with E-state index in [1.165, 1.54) is 24.3 Å². The highest BCUT2D eigenvalue weighted by atomic mass is 32.2. The van der Waals surface area contributed by atoms with Crippen molar-refractivity contribution < 1.29 is 27.1 Å². The number of alkyl halides is 2. The number of hydrogen-bond donors (Lipinski definition) is 2. The molecule has 2 aliphatic rings. The average molecular weight is 317 g/mol. The van der Waals surface area contributed by atoms with Crippen LogP contribution in [0.2, 0.25) is 0 Å². The zero-order chi connectivity index (χ0) is 15.5. The van der Waals surface area contributed by atoms with Crippen LogP contribution in [0.15, 0.2) is 24.3 Å². The Labute approximate surface area is 120 Å². The van der Waals surface area contributed by atoms with Crippen LogP contribution < -0.4 is 4.72 Å². The lowest BCUT2D eigenvalue weighted by atomic mass is 10.2. The van der Waals surface area contributed by atoms with Crippen LogP contribution in [0.1, 0.15) is 23.2 Å². The summed E-state index contributed by atoms with van der Waals surface area (Å²) in [6, 6.07) is 5.46. The maximum Gasteiger partial charge on any atom is 0.337 e. The minimum atomic E-state index is -4.02. The van der Waals surface area contributed by atoms with E-state index in [-0.39, 0.29) is 11.3 Å². The monoisotopic (exact) mass is 317 g/mol. The standard InChI is InChI=1S/C13H13F2NO4S/c14-13(15)10(12(13)5-6-12)7-21(19,20)16-9-4-2-1-3-8(9)11(17)18/h1-4,10,16H,5-7H2,(H,17,18). The number of carboxylic acid groups (broad SMARTS) is 1. The zero-order valence-corrected chi connectivity index (χ0v) is 11.7. The number of carboxylic acids is 1. The van der Waals surface area contributed by atoms with Crippen molar-refractivity contribution in [1.82, 2.24) is 0 Å². The van der Waals surface area contributed by atoms with Crippen LogP contribution >= 0.6 is 0 Å². The highest BCUT2D eigenvalue weighted by molar-refractivity contribution is 7.92. The SMILES string of the molecule is O=C(O)c1ccccc1NS(=O)(=O)CC1C(F)(F)C12CC2. The van der Waals surface area contributed by atoms with Crippen molar-refractivity contribution in [2.24, 2.45) is 11.3 Å². The van der Waals surface area contributed by atoms with Gasteiger partial charge in [-0.2, -0.15) is 0 Å². The van der Waals surface area contributed by atoms with Crippen LogP contribution in [-0.4, -0.2) is 31.2 Å². The molecule has 0 amide bonds. The molecular weight excluding hydrogens is 304 g/mol. The molecule has 2 aliphatic carbocycles. The summed E-state index contributed by atoms with van der Waals surface area (Å²) >= 11 is 0. The van der Waals surface area contributed by atoms with Crippen molar-refractivity contribution in [3.05, 3.63) is 29.8 Å². The Balaban J connectivity index is 1.77. The van der Waals surface area contributed by atoms with Crippen LogP contribution in [0.5, 0.6) is 0 Å². The molecule has 2 N–H and O–H groups in total. The number of hydrogen-bond acceptors (Lipinski definition) is 3. The number of nitrogens with one attached hydrogen (secondary N) is 1. The van der Waals surface area contributed by atoms with Gasteiger partial charge >= 0.3 is 5.97 Å². The molecule has 8 heteroatoms. The number of anilines is 1. The fraction of sp³-hybridized carbons (Fsp3) is 0.462. The molecule has 0 aliphatic heterocycles. The fourth-order valence-corrected chi connectivity index (χ4v) is 4.42. The largest absolute Gasteiger partial charge is 0.478 e. The second-order valence-corrected chi connectivity index (χ2v) is 7.33. The first-order chi connectivity index (χ1) is 9.70.